The summed E-state index contributed by atoms with van der Waals surface area (Å²) in [6.07, 6.45) is 0. The molecule has 0 N–H and O–H groups in total. The highest BCUT2D eigenvalue weighted by Crippen LogP contribution is 2.50. The summed E-state index contributed by atoms with van der Waals surface area (Å²) in [6, 6.07) is 23.9. The van der Waals surface area contributed by atoms with Gasteiger partial charge >= 0.3 is 0 Å². The van der Waals surface area contributed by atoms with Gasteiger partial charge in [0.25, 0.3) is 0 Å². The SMILES string of the molecule is COc1ccc2c3c(cccc13)-c1cc3ccccc3cc1-2. The summed E-state index contributed by atoms with van der Waals surface area (Å²) < 4.78 is 5.54. The number of hydrogen-bond donors (Lipinski definition) is 0. The van der Waals surface area contributed by atoms with E-state index in [1.165, 1.54) is 43.8 Å². The molecule has 0 radical (unpaired) electrons. The molecule has 0 bridgehead atoms. The van der Waals surface area contributed by atoms with Crippen LogP contribution in [0.5, 0.6) is 5.75 Å². The molecule has 4 aromatic carbocycles. The van der Waals surface area contributed by atoms with Crippen LogP contribution in [0.25, 0.3) is 43.8 Å². The molecule has 104 valence electrons. The minimum absolute atomic E-state index is 0.943. The molecule has 1 aliphatic rings. The Hall–Kier alpha value is -2.80. The Morgan fingerprint density at radius 2 is 1.32 bits per heavy atom. The van der Waals surface area contributed by atoms with Gasteiger partial charge in [0.1, 0.15) is 5.75 Å². The maximum atomic E-state index is 5.54. The quantitative estimate of drug-likeness (QED) is 0.386. The summed E-state index contributed by atoms with van der Waals surface area (Å²) >= 11 is 0. The van der Waals surface area contributed by atoms with Gasteiger partial charge in [0.2, 0.25) is 0 Å². The first-order valence-electron chi connectivity index (χ1n) is 7.50. The fraction of sp³-hybridized carbons (Fsp3) is 0.0476. The normalized spacial score (nSPS) is 11.9. The second-order valence-corrected chi connectivity index (χ2v) is 5.79. The lowest BCUT2D eigenvalue weighted by molar-refractivity contribution is 0.420. The molecule has 0 aromatic heterocycles. The van der Waals surface area contributed by atoms with E-state index in [1.807, 2.05) is 0 Å². The molecule has 1 aliphatic carbocycles. The lowest BCUT2D eigenvalue weighted by Gasteiger charge is -2.07. The third-order valence-electron chi connectivity index (χ3n) is 4.69. The van der Waals surface area contributed by atoms with Crippen molar-refractivity contribution in [2.45, 2.75) is 0 Å². The summed E-state index contributed by atoms with van der Waals surface area (Å²) in [4.78, 5) is 0. The molecule has 0 saturated heterocycles. The summed E-state index contributed by atoms with van der Waals surface area (Å²) in [5.74, 6) is 0.943. The molecule has 0 amide bonds. The zero-order valence-electron chi connectivity index (χ0n) is 12.3. The fourth-order valence-corrected chi connectivity index (χ4v) is 3.69. The van der Waals surface area contributed by atoms with Crippen LogP contribution in [0, 0.1) is 0 Å². The van der Waals surface area contributed by atoms with Crippen molar-refractivity contribution in [3.8, 4) is 28.0 Å². The highest BCUT2D eigenvalue weighted by molar-refractivity contribution is 6.18. The number of fused-ring (bicyclic) bond motifs is 4. The standard InChI is InChI=1S/C21H14O/c1-22-20-10-9-16-19-12-14-6-3-2-5-13(14)11-18(19)15-7-4-8-17(20)21(15)16/h2-12H,1H3. The molecule has 1 nitrogen and oxygen atoms in total. The van der Waals surface area contributed by atoms with Crippen LogP contribution in [0.15, 0.2) is 66.7 Å². The molecular weight excluding hydrogens is 268 g/mol. The third kappa shape index (κ3) is 1.38. The molecule has 0 unspecified atom stereocenters. The van der Waals surface area contributed by atoms with Crippen molar-refractivity contribution < 1.29 is 4.74 Å². The zero-order chi connectivity index (χ0) is 14.7. The van der Waals surface area contributed by atoms with E-state index in [2.05, 4.69) is 66.7 Å². The van der Waals surface area contributed by atoms with Crippen LogP contribution < -0.4 is 4.74 Å². The molecule has 0 atom stereocenters. The van der Waals surface area contributed by atoms with Gasteiger partial charge < -0.3 is 4.74 Å². The molecular formula is C21H14O. The van der Waals surface area contributed by atoms with Gasteiger partial charge in [-0.05, 0) is 51.2 Å². The van der Waals surface area contributed by atoms with Crippen LogP contribution in [0.1, 0.15) is 0 Å². The minimum atomic E-state index is 0.943. The van der Waals surface area contributed by atoms with E-state index in [9.17, 15) is 0 Å². The van der Waals surface area contributed by atoms with Crippen molar-refractivity contribution in [1.29, 1.82) is 0 Å². The Bertz CT molecular complexity index is 1010. The van der Waals surface area contributed by atoms with Gasteiger partial charge in [-0.3, -0.25) is 0 Å². The average Bonchev–Trinajstić information content (AvgIpc) is 2.89. The topological polar surface area (TPSA) is 9.23 Å². The second kappa shape index (κ2) is 4.11. The van der Waals surface area contributed by atoms with Crippen molar-refractivity contribution in [3.05, 3.63) is 66.7 Å². The number of methoxy groups -OCH3 is 1. The van der Waals surface area contributed by atoms with E-state index >= 15 is 0 Å². The molecule has 0 saturated carbocycles. The van der Waals surface area contributed by atoms with Crippen LogP contribution in [0.2, 0.25) is 0 Å². The van der Waals surface area contributed by atoms with Crippen LogP contribution in [-0.4, -0.2) is 7.11 Å². The molecule has 5 rings (SSSR count). The van der Waals surface area contributed by atoms with Gasteiger partial charge in [0, 0.05) is 10.8 Å². The summed E-state index contributed by atoms with van der Waals surface area (Å²) in [5.41, 5.74) is 5.28. The van der Waals surface area contributed by atoms with Gasteiger partial charge in [-0.1, -0.05) is 48.5 Å². The van der Waals surface area contributed by atoms with Crippen LogP contribution in [0.3, 0.4) is 0 Å². The van der Waals surface area contributed by atoms with Crippen molar-refractivity contribution in [3.63, 3.8) is 0 Å². The third-order valence-corrected chi connectivity index (χ3v) is 4.69. The van der Waals surface area contributed by atoms with E-state index in [4.69, 9.17) is 4.74 Å². The average molecular weight is 282 g/mol. The molecule has 0 heterocycles. The van der Waals surface area contributed by atoms with Crippen molar-refractivity contribution in [2.24, 2.45) is 0 Å². The maximum Gasteiger partial charge on any atom is 0.126 e. The molecule has 0 aliphatic heterocycles. The highest BCUT2D eigenvalue weighted by atomic mass is 16.5. The van der Waals surface area contributed by atoms with Gasteiger partial charge in [0.15, 0.2) is 0 Å². The first-order valence-corrected chi connectivity index (χ1v) is 7.50. The van der Waals surface area contributed by atoms with Crippen LogP contribution in [0.4, 0.5) is 0 Å². The van der Waals surface area contributed by atoms with Crippen molar-refractivity contribution >= 4 is 21.5 Å². The van der Waals surface area contributed by atoms with Crippen LogP contribution >= 0.6 is 0 Å². The predicted molar refractivity (Wildman–Crippen MR) is 92.4 cm³/mol. The van der Waals surface area contributed by atoms with Crippen molar-refractivity contribution in [2.75, 3.05) is 7.11 Å². The summed E-state index contributed by atoms with van der Waals surface area (Å²) in [7, 11) is 1.74. The van der Waals surface area contributed by atoms with E-state index in [0.29, 0.717) is 0 Å². The summed E-state index contributed by atoms with van der Waals surface area (Å²) in [6.45, 7) is 0. The molecule has 0 fully saturated rings. The largest absolute Gasteiger partial charge is 0.496 e. The lowest BCUT2D eigenvalue weighted by atomic mass is 9.99. The minimum Gasteiger partial charge on any atom is -0.496 e. The van der Waals surface area contributed by atoms with Crippen molar-refractivity contribution in [1.82, 2.24) is 0 Å². The molecule has 4 aromatic rings. The van der Waals surface area contributed by atoms with Gasteiger partial charge in [-0.25, -0.2) is 0 Å². The van der Waals surface area contributed by atoms with Crippen LogP contribution in [-0.2, 0) is 0 Å². The first-order chi connectivity index (χ1) is 10.9. The number of rotatable bonds is 1. The van der Waals surface area contributed by atoms with Gasteiger partial charge in [-0.15, -0.1) is 0 Å². The number of hydrogen-bond acceptors (Lipinski definition) is 1. The Labute approximate surface area is 128 Å². The predicted octanol–water partition coefficient (Wildman–Crippen LogP) is 5.65. The first kappa shape index (κ1) is 11.8. The second-order valence-electron chi connectivity index (χ2n) is 5.79. The fourth-order valence-electron chi connectivity index (χ4n) is 3.69. The Morgan fingerprint density at radius 3 is 2.00 bits per heavy atom. The lowest BCUT2D eigenvalue weighted by Crippen LogP contribution is -1.85. The van der Waals surface area contributed by atoms with Gasteiger partial charge in [0.05, 0.1) is 7.11 Å². The Kier molecular flexibility index (Phi) is 2.21. The maximum absolute atomic E-state index is 5.54. The monoisotopic (exact) mass is 282 g/mol. The molecule has 22 heavy (non-hydrogen) atoms. The number of benzene rings is 4. The Balaban J connectivity index is 1.97. The van der Waals surface area contributed by atoms with Gasteiger partial charge in [-0.2, -0.15) is 0 Å². The molecule has 1 heteroatoms. The zero-order valence-corrected chi connectivity index (χ0v) is 12.3. The number of ether oxygens (including phenoxy) is 1. The summed E-state index contributed by atoms with van der Waals surface area (Å²) in [5, 5.41) is 5.08. The van der Waals surface area contributed by atoms with E-state index in [1.54, 1.807) is 7.11 Å². The highest BCUT2D eigenvalue weighted by Gasteiger charge is 2.22. The smallest absolute Gasteiger partial charge is 0.126 e. The molecule has 0 spiro atoms. The van der Waals surface area contributed by atoms with E-state index in [0.717, 1.165) is 5.75 Å². The Morgan fingerprint density at radius 1 is 0.636 bits per heavy atom. The van der Waals surface area contributed by atoms with E-state index in [-0.39, 0.29) is 0 Å². The van der Waals surface area contributed by atoms with E-state index < -0.39 is 0 Å².